The fraction of sp³-hybridized carbons (Fsp3) is 0. The number of halogens is 3. The number of nitro benzene ring substituents is 1. The molecule has 2 aromatic carbocycles. The molecule has 0 fully saturated rings. The summed E-state index contributed by atoms with van der Waals surface area (Å²) in [7, 11) is 0. The predicted octanol–water partition coefficient (Wildman–Crippen LogP) is 4.40. The highest BCUT2D eigenvalue weighted by Crippen LogP contribution is 2.25. The van der Waals surface area contributed by atoms with E-state index in [4.69, 9.17) is 11.6 Å². The van der Waals surface area contributed by atoms with E-state index in [1.54, 1.807) is 6.07 Å². The van der Waals surface area contributed by atoms with E-state index in [0.29, 0.717) is 15.1 Å². The van der Waals surface area contributed by atoms with Crippen molar-refractivity contribution in [2.45, 2.75) is 0 Å². The van der Waals surface area contributed by atoms with Crippen LogP contribution in [0.1, 0.15) is 10.4 Å². The van der Waals surface area contributed by atoms with E-state index < -0.39 is 22.3 Å². The summed E-state index contributed by atoms with van der Waals surface area (Å²) < 4.78 is 13.7. The normalized spacial score (nSPS) is 10.2. The number of rotatable bonds is 3. The van der Waals surface area contributed by atoms with Gasteiger partial charge < -0.3 is 5.32 Å². The fourth-order valence-electron chi connectivity index (χ4n) is 1.60. The molecule has 0 aliphatic carbocycles. The molecule has 1 N–H and O–H groups in total. The Bertz CT molecular complexity index is 739. The van der Waals surface area contributed by atoms with Gasteiger partial charge in [0.25, 0.3) is 5.91 Å². The smallest absolute Gasteiger partial charge is 0.306 e. The third-order valence-electron chi connectivity index (χ3n) is 2.58. The summed E-state index contributed by atoms with van der Waals surface area (Å²) in [5, 5.41) is 13.6. The Morgan fingerprint density at radius 1 is 1.29 bits per heavy atom. The second-order valence-corrected chi connectivity index (χ2v) is 5.29. The molecule has 0 unspecified atom stereocenters. The standard InChI is InChI=1S/C13H7BrClFN2O3/c14-10-5-7(15)1-3-9(10)13(19)17-8-2-4-11(16)12(6-8)18(20)21/h1-6H,(H,17,19). The number of nitrogens with one attached hydrogen (secondary N) is 1. The second-order valence-electron chi connectivity index (χ2n) is 4.00. The largest absolute Gasteiger partial charge is 0.322 e. The van der Waals surface area contributed by atoms with Crippen molar-refractivity contribution in [3.05, 3.63) is 67.4 Å². The minimum Gasteiger partial charge on any atom is -0.322 e. The Morgan fingerprint density at radius 3 is 2.62 bits per heavy atom. The lowest BCUT2D eigenvalue weighted by Gasteiger charge is -2.07. The van der Waals surface area contributed by atoms with Crippen LogP contribution < -0.4 is 5.32 Å². The molecular weight excluding hydrogens is 367 g/mol. The van der Waals surface area contributed by atoms with Crippen LogP contribution in [0.25, 0.3) is 0 Å². The minimum absolute atomic E-state index is 0.120. The maximum atomic E-state index is 13.2. The summed E-state index contributed by atoms with van der Waals surface area (Å²) in [5.74, 6) is -1.47. The van der Waals surface area contributed by atoms with Crippen molar-refractivity contribution in [2.75, 3.05) is 5.32 Å². The van der Waals surface area contributed by atoms with Gasteiger partial charge in [-0.15, -0.1) is 0 Å². The maximum Gasteiger partial charge on any atom is 0.306 e. The lowest BCUT2D eigenvalue weighted by atomic mass is 10.2. The average molecular weight is 374 g/mol. The molecule has 0 aliphatic rings. The Hall–Kier alpha value is -1.99. The molecule has 0 radical (unpaired) electrons. The van der Waals surface area contributed by atoms with Crippen molar-refractivity contribution in [3.8, 4) is 0 Å². The first-order chi connectivity index (χ1) is 9.88. The quantitative estimate of drug-likeness (QED) is 0.640. The molecule has 108 valence electrons. The molecule has 21 heavy (non-hydrogen) atoms. The molecule has 5 nitrogen and oxygen atoms in total. The van der Waals surface area contributed by atoms with Gasteiger partial charge in [0.05, 0.1) is 10.5 Å². The van der Waals surface area contributed by atoms with Gasteiger partial charge in [0.1, 0.15) is 0 Å². The molecule has 8 heteroatoms. The highest BCUT2D eigenvalue weighted by molar-refractivity contribution is 9.10. The number of amides is 1. The topological polar surface area (TPSA) is 72.2 Å². The van der Waals surface area contributed by atoms with Crippen molar-refractivity contribution in [2.24, 2.45) is 0 Å². The van der Waals surface area contributed by atoms with Crippen LogP contribution in [0.4, 0.5) is 15.8 Å². The molecule has 0 aromatic heterocycles. The molecular formula is C13H7BrClFN2O3. The van der Waals surface area contributed by atoms with Gasteiger partial charge >= 0.3 is 5.69 Å². The van der Waals surface area contributed by atoms with Crippen LogP contribution >= 0.6 is 27.5 Å². The van der Waals surface area contributed by atoms with E-state index in [1.165, 1.54) is 18.2 Å². The van der Waals surface area contributed by atoms with Gasteiger partial charge in [-0.1, -0.05) is 11.6 Å². The first-order valence-corrected chi connectivity index (χ1v) is 6.76. The number of anilines is 1. The summed E-state index contributed by atoms with van der Waals surface area (Å²) in [5.41, 5.74) is -0.288. The highest BCUT2D eigenvalue weighted by atomic mass is 79.9. The lowest BCUT2D eigenvalue weighted by Crippen LogP contribution is -2.12. The van der Waals surface area contributed by atoms with Crippen molar-refractivity contribution in [3.63, 3.8) is 0 Å². The minimum atomic E-state index is -0.967. The van der Waals surface area contributed by atoms with Crippen LogP contribution in [0.2, 0.25) is 5.02 Å². The van der Waals surface area contributed by atoms with Crippen LogP contribution in [0.3, 0.4) is 0 Å². The van der Waals surface area contributed by atoms with Gasteiger partial charge in [-0.2, -0.15) is 4.39 Å². The summed E-state index contributed by atoms with van der Waals surface area (Å²) in [6.45, 7) is 0. The summed E-state index contributed by atoms with van der Waals surface area (Å²) in [6, 6.07) is 7.70. The van der Waals surface area contributed by atoms with Crippen LogP contribution in [-0.4, -0.2) is 10.8 Å². The van der Waals surface area contributed by atoms with E-state index in [-0.39, 0.29) is 5.69 Å². The molecule has 0 heterocycles. The van der Waals surface area contributed by atoms with Gasteiger partial charge in [0, 0.05) is 21.2 Å². The zero-order chi connectivity index (χ0) is 15.6. The first-order valence-electron chi connectivity index (χ1n) is 5.59. The summed E-state index contributed by atoms with van der Waals surface area (Å²) in [6.07, 6.45) is 0. The molecule has 2 aromatic rings. The lowest BCUT2D eigenvalue weighted by molar-refractivity contribution is -0.387. The zero-order valence-electron chi connectivity index (χ0n) is 10.3. The van der Waals surface area contributed by atoms with E-state index in [9.17, 15) is 19.3 Å². The predicted molar refractivity (Wildman–Crippen MR) is 80.2 cm³/mol. The van der Waals surface area contributed by atoms with Crippen molar-refractivity contribution in [1.29, 1.82) is 0 Å². The zero-order valence-corrected chi connectivity index (χ0v) is 12.6. The van der Waals surface area contributed by atoms with Crippen LogP contribution in [0.5, 0.6) is 0 Å². The van der Waals surface area contributed by atoms with E-state index in [1.807, 2.05) is 0 Å². The number of nitrogens with zero attached hydrogens (tertiary/aromatic N) is 1. The van der Waals surface area contributed by atoms with Gasteiger partial charge in [-0.3, -0.25) is 14.9 Å². The highest BCUT2D eigenvalue weighted by Gasteiger charge is 2.16. The number of carbonyl (C=O) groups is 1. The number of benzene rings is 2. The summed E-state index contributed by atoms with van der Waals surface area (Å²) >= 11 is 8.97. The average Bonchev–Trinajstić information content (AvgIpc) is 2.40. The number of carbonyl (C=O) groups excluding carboxylic acids is 1. The van der Waals surface area contributed by atoms with Crippen LogP contribution in [-0.2, 0) is 0 Å². The van der Waals surface area contributed by atoms with Gasteiger partial charge in [0.2, 0.25) is 5.82 Å². The molecule has 0 bridgehead atoms. The monoisotopic (exact) mass is 372 g/mol. The Balaban J connectivity index is 2.27. The maximum absolute atomic E-state index is 13.2. The molecule has 0 atom stereocenters. The first kappa shape index (κ1) is 15.4. The van der Waals surface area contributed by atoms with E-state index in [2.05, 4.69) is 21.2 Å². The van der Waals surface area contributed by atoms with Crippen molar-refractivity contribution < 1.29 is 14.1 Å². The van der Waals surface area contributed by atoms with Crippen LogP contribution in [0, 0.1) is 15.9 Å². The molecule has 2 rings (SSSR count). The van der Waals surface area contributed by atoms with E-state index in [0.717, 1.165) is 12.1 Å². The Labute approximate surface area is 132 Å². The summed E-state index contributed by atoms with van der Waals surface area (Å²) in [4.78, 5) is 21.9. The Kier molecular flexibility index (Phi) is 4.54. The van der Waals surface area contributed by atoms with Gasteiger partial charge in [-0.05, 0) is 46.3 Å². The molecule has 0 aliphatic heterocycles. The van der Waals surface area contributed by atoms with Crippen molar-refractivity contribution in [1.82, 2.24) is 0 Å². The fourth-order valence-corrected chi connectivity index (χ4v) is 2.47. The third kappa shape index (κ3) is 3.56. The Morgan fingerprint density at radius 2 is 2.00 bits per heavy atom. The third-order valence-corrected chi connectivity index (χ3v) is 3.47. The molecule has 0 saturated heterocycles. The van der Waals surface area contributed by atoms with Crippen LogP contribution in [0.15, 0.2) is 40.9 Å². The van der Waals surface area contributed by atoms with E-state index >= 15 is 0 Å². The van der Waals surface area contributed by atoms with Gasteiger partial charge in [-0.25, -0.2) is 0 Å². The van der Waals surface area contributed by atoms with Gasteiger partial charge in [0.15, 0.2) is 0 Å². The number of hydrogen-bond acceptors (Lipinski definition) is 3. The molecule has 0 saturated carbocycles. The SMILES string of the molecule is O=C(Nc1ccc(F)c([N+](=O)[O-])c1)c1ccc(Cl)cc1Br. The molecule has 0 spiro atoms. The number of nitro groups is 1. The van der Waals surface area contributed by atoms with Crippen molar-refractivity contribution >= 4 is 44.8 Å². The second kappa shape index (κ2) is 6.19. The molecule has 1 amide bonds. The number of hydrogen-bond donors (Lipinski definition) is 1.